The number of hydrogen-bond donors (Lipinski definition) is 1. The number of rotatable bonds is 14. The fourth-order valence-corrected chi connectivity index (χ4v) is 2.50. The van der Waals surface area contributed by atoms with Gasteiger partial charge in [0.05, 0.1) is 0 Å². The van der Waals surface area contributed by atoms with E-state index in [0.29, 0.717) is 5.57 Å². The van der Waals surface area contributed by atoms with Gasteiger partial charge in [0.2, 0.25) is 0 Å². The summed E-state index contributed by atoms with van der Waals surface area (Å²) in [6, 6.07) is 0. The normalized spacial score (nSPS) is 12.0. The number of carbonyl (C=O) groups is 1. The molecule has 0 spiro atoms. The number of esters is 1. The van der Waals surface area contributed by atoms with E-state index in [0.717, 1.165) is 18.4 Å². The molecule has 136 valence electrons. The zero-order valence-corrected chi connectivity index (χ0v) is 16.0. The standard InChI is InChI=1S/C20H39NO2/c1-5-6-7-8-9-10-11-12-13-14-15-16-19(21)23-20(22)18(4)17(2)3/h19H,5-16,21H2,1-4H3. The monoisotopic (exact) mass is 325 g/mol. The van der Waals surface area contributed by atoms with Crippen molar-refractivity contribution in [1.82, 2.24) is 0 Å². The van der Waals surface area contributed by atoms with Gasteiger partial charge in [-0.3, -0.25) is 5.73 Å². The molecule has 0 saturated carbocycles. The Morgan fingerprint density at radius 3 is 1.70 bits per heavy atom. The highest BCUT2D eigenvalue weighted by Crippen LogP contribution is 2.13. The van der Waals surface area contributed by atoms with Crippen LogP contribution >= 0.6 is 0 Å². The number of ether oxygens (including phenoxy) is 1. The molecule has 0 amide bonds. The number of unbranched alkanes of at least 4 members (excludes halogenated alkanes) is 10. The van der Waals surface area contributed by atoms with Gasteiger partial charge in [0, 0.05) is 5.57 Å². The van der Waals surface area contributed by atoms with Crippen LogP contribution in [0.1, 0.15) is 105 Å². The Kier molecular flexibility index (Phi) is 14.2. The van der Waals surface area contributed by atoms with Crippen molar-refractivity contribution in [2.75, 3.05) is 0 Å². The van der Waals surface area contributed by atoms with E-state index in [1.807, 2.05) is 13.8 Å². The van der Waals surface area contributed by atoms with E-state index in [9.17, 15) is 4.79 Å². The summed E-state index contributed by atoms with van der Waals surface area (Å²) in [5.74, 6) is -0.277. The smallest absolute Gasteiger partial charge is 0.335 e. The molecule has 0 aromatic heterocycles. The molecule has 0 aliphatic rings. The van der Waals surface area contributed by atoms with Crippen LogP contribution in [-0.4, -0.2) is 12.2 Å². The van der Waals surface area contributed by atoms with Crippen molar-refractivity contribution in [2.45, 2.75) is 111 Å². The molecule has 3 heteroatoms. The van der Waals surface area contributed by atoms with Gasteiger partial charge in [0.25, 0.3) is 0 Å². The van der Waals surface area contributed by atoms with Crippen LogP contribution in [0.15, 0.2) is 11.1 Å². The van der Waals surface area contributed by atoms with Crippen molar-refractivity contribution >= 4 is 5.97 Å². The highest BCUT2D eigenvalue weighted by molar-refractivity contribution is 5.88. The molecular formula is C20H39NO2. The maximum absolute atomic E-state index is 11.7. The molecule has 2 N–H and O–H groups in total. The lowest BCUT2D eigenvalue weighted by Crippen LogP contribution is -2.27. The molecule has 0 heterocycles. The van der Waals surface area contributed by atoms with Gasteiger partial charge < -0.3 is 4.74 Å². The lowest BCUT2D eigenvalue weighted by Gasteiger charge is -2.13. The summed E-state index contributed by atoms with van der Waals surface area (Å²) in [5.41, 5.74) is 7.52. The highest BCUT2D eigenvalue weighted by atomic mass is 16.6. The lowest BCUT2D eigenvalue weighted by molar-refractivity contribution is -0.144. The first kappa shape index (κ1) is 22.2. The predicted molar refractivity (Wildman–Crippen MR) is 99.2 cm³/mol. The molecule has 0 radical (unpaired) electrons. The summed E-state index contributed by atoms with van der Waals surface area (Å²) in [6.07, 6.45) is 14.8. The number of allylic oxidation sites excluding steroid dienone is 1. The van der Waals surface area contributed by atoms with Crippen molar-refractivity contribution in [3.63, 3.8) is 0 Å². The first-order valence-corrected chi connectivity index (χ1v) is 9.59. The number of carbonyl (C=O) groups excluding carboxylic acids is 1. The van der Waals surface area contributed by atoms with Crippen molar-refractivity contribution in [3.8, 4) is 0 Å². The molecule has 1 atom stereocenters. The SMILES string of the molecule is CCCCCCCCCCCCCC(N)OC(=O)C(C)=C(C)C. The fraction of sp³-hybridized carbons (Fsp3) is 0.850. The summed E-state index contributed by atoms with van der Waals surface area (Å²) in [7, 11) is 0. The summed E-state index contributed by atoms with van der Waals surface area (Å²) >= 11 is 0. The van der Waals surface area contributed by atoms with Gasteiger partial charge >= 0.3 is 5.97 Å². The Bertz CT molecular complexity index is 333. The summed E-state index contributed by atoms with van der Waals surface area (Å²) < 4.78 is 5.25. The second kappa shape index (κ2) is 14.7. The van der Waals surface area contributed by atoms with Crippen LogP contribution in [0.2, 0.25) is 0 Å². The van der Waals surface area contributed by atoms with Gasteiger partial charge in [-0.25, -0.2) is 4.79 Å². The van der Waals surface area contributed by atoms with E-state index in [2.05, 4.69) is 6.92 Å². The Labute approximate surface area is 144 Å². The molecule has 0 aromatic carbocycles. The molecule has 0 aromatic rings. The second-order valence-electron chi connectivity index (χ2n) is 6.89. The molecule has 0 aliphatic heterocycles. The third-order valence-electron chi connectivity index (χ3n) is 4.41. The van der Waals surface area contributed by atoms with Gasteiger partial charge in [0.15, 0.2) is 6.23 Å². The Hall–Kier alpha value is -0.830. The van der Waals surface area contributed by atoms with Gasteiger partial charge in [-0.05, 0) is 33.6 Å². The minimum Gasteiger partial charge on any atom is -0.443 e. The molecular weight excluding hydrogens is 286 g/mol. The van der Waals surface area contributed by atoms with Crippen LogP contribution in [0.4, 0.5) is 0 Å². The first-order valence-electron chi connectivity index (χ1n) is 9.59. The van der Waals surface area contributed by atoms with E-state index in [1.165, 1.54) is 64.2 Å². The van der Waals surface area contributed by atoms with Gasteiger partial charge in [-0.1, -0.05) is 76.7 Å². The third-order valence-corrected chi connectivity index (χ3v) is 4.41. The zero-order valence-electron chi connectivity index (χ0n) is 16.0. The van der Waals surface area contributed by atoms with Crippen LogP contribution in [0.25, 0.3) is 0 Å². The predicted octanol–water partition coefficient (Wildman–Crippen LogP) is 5.87. The summed E-state index contributed by atoms with van der Waals surface area (Å²) in [6.45, 7) is 7.86. The van der Waals surface area contributed by atoms with Crippen LogP contribution in [-0.2, 0) is 9.53 Å². The maximum atomic E-state index is 11.7. The lowest BCUT2D eigenvalue weighted by atomic mass is 10.1. The Morgan fingerprint density at radius 2 is 1.26 bits per heavy atom. The van der Waals surface area contributed by atoms with Gasteiger partial charge in [-0.15, -0.1) is 0 Å². The number of hydrogen-bond acceptors (Lipinski definition) is 3. The third kappa shape index (κ3) is 13.3. The molecule has 0 aliphatic carbocycles. The van der Waals surface area contributed by atoms with Crippen molar-refractivity contribution < 1.29 is 9.53 Å². The van der Waals surface area contributed by atoms with Crippen LogP contribution in [0.5, 0.6) is 0 Å². The van der Waals surface area contributed by atoms with Crippen molar-refractivity contribution in [1.29, 1.82) is 0 Å². The molecule has 0 fully saturated rings. The van der Waals surface area contributed by atoms with E-state index >= 15 is 0 Å². The van der Waals surface area contributed by atoms with Gasteiger partial charge in [0.1, 0.15) is 0 Å². The minimum absolute atomic E-state index is 0.277. The van der Waals surface area contributed by atoms with Crippen LogP contribution in [0, 0.1) is 0 Å². The van der Waals surface area contributed by atoms with Gasteiger partial charge in [-0.2, -0.15) is 0 Å². The molecule has 3 nitrogen and oxygen atoms in total. The maximum Gasteiger partial charge on any atom is 0.335 e. The van der Waals surface area contributed by atoms with E-state index in [1.54, 1.807) is 6.92 Å². The zero-order chi connectivity index (χ0) is 17.5. The Morgan fingerprint density at radius 1 is 0.826 bits per heavy atom. The molecule has 0 saturated heterocycles. The summed E-state index contributed by atoms with van der Waals surface area (Å²) in [4.78, 5) is 11.7. The quantitative estimate of drug-likeness (QED) is 0.188. The van der Waals surface area contributed by atoms with Crippen molar-refractivity contribution in [2.24, 2.45) is 5.73 Å². The van der Waals surface area contributed by atoms with Crippen LogP contribution in [0.3, 0.4) is 0 Å². The van der Waals surface area contributed by atoms with E-state index in [4.69, 9.17) is 10.5 Å². The fourth-order valence-electron chi connectivity index (χ4n) is 2.50. The minimum atomic E-state index is -0.463. The highest BCUT2D eigenvalue weighted by Gasteiger charge is 2.12. The average molecular weight is 326 g/mol. The Balaban J connectivity index is 3.44. The van der Waals surface area contributed by atoms with E-state index in [-0.39, 0.29) is 5.97 Å². The molecule has 0 bridgehead atoms. The van der Waals surface area contributed by atoms with Crippen LogP contribution < -0.4 is 5.73 Å². The molecule has 23 heavy (non-hydrogen) atoms. The molecule has 0 rings (SSSR count). The molecule has 1 unspecified atom stereocenters. The average Bonchev–Trinajstić information content (AvgIpc) is 2.51. The second-order valence-corrected chi connectivity index (χ2v) is 6.89. The number of nitrogens with two attached hydrogens (primary N) is 1. The van der Waals surface area contributed by atoms with E-state index < -0.39 is 6.23 Å². The first-order chi connectivity index (χ1) is 11.0. The summed E-state index contributed by atoms with van der Waals surface area (Å²) in [5, 5.41) is 0. The largest absolute Gasteiger partial charge is 0.443 e. The topological polar surface area (TPSA) is 52.3 Å². The van der Waals surface area contributed by atoms with Crippen molar-refractivity contribution in [3.05, 3.63) is 11.1 Å².